The third-order valence-electron chi connectivity index (χ3n) is 5.09. The van der Waals surface area contributed by atoms with Gasteiger partial charge in [0.1, 0.15) is 12.1 Å². The summed E-state index contributed by atoms with van der Waals surface area (Å²) in [5.74, 6) is 0.578. The van der Waals surface area contributed by atoms with Crippen LogP contribution in [0.5, 0.6) is 0 Å². The first-order valence-electron chi connectivity index (χ1n) is 9.48. The van der Waals surface area contributed by atoms with Crippen LogP contribution < -0.4 is 14.9 Å². The van der Waals surface area contributed by atoms with Crippen LogP contribution in [0.2, 0.25) is 5.02 Å². The van der Waals surface area contributed by atoms with Gasteiger partial charge >= 0.3 is 0 Å². The number of nitrogens with zero attached hydrogens (tertiary/aromatic N) is 3. The summed E-state index contributed by atoms with van der Waals surface area (Å²) in [4.78, 5) is 11.1. The summed E-state index contributed by atoms with van der Waals surface area (Å²) < 4.78 is 27.1. The van der Waals surface area contributed by atoms with E-state index in [2.05, 4.69) is 24.9 Å². The van der Waals surface area contributed by atoms with E-state index in [1.165, 1.54) is 19.8 Å². The van der Waals surface area contributed by atoms with Crippen molar-refractivity contribution in [1.29, 1.82) is 0 Å². The average molecular weight is 432 g/mol. The van der Waals surface area contributed by atoms with E-state index >= 15 is 0 Å². The fourth-order valence-corrected chi connectivity index (χ4v) is 4.49. The molecule has 0 aliphatic carbocycles. The molecule has 0 saturated carbocycles. The van der Waals surface area contributed by atoms with Crippen molar-refractivity contribution >= 4 is 49.7 Å². The Kier molecular flexibility index (Phi) is 5.58. The minimum Gasteiger partial charge on any atom is -0.370 e. The molecule has 1 saturated heterocycles. The average Bonchev–Trinajstić information content (AvgIpc) is 2.75. The van der Waals surface area contributed by atoms with Crippen LogP contribution in [-0.4, -0.2) is 38.5 Å². The number of benzene rings is 2. The van der Waals surface area contributed by atoms with Crippen molar-refractivity contribution in [3.8, 4) is 0 Å². The summed E-state index contributed by atoms with van der Waals surface area (Å²) in [6, 6.07) is 10.5. The van der Waals surface area contributed by atoms with Gasteiger partial charge in [0.05, 0.1) is 21.8 Å². The molecule has 1 aromatic heterocycles. The highest BCUT2D eigenvalue weighted by Crippen LogP contribution is 2.34. The zero-order valence-corrected chi connectivity index (χ0v) is 17.6. The van der Waals surface area contributed by atoms with E-state index in [1.54, 1.807) is 24.3 Å². The molecule has 0 radical (unpaired) electrons. The highest BCUT2D eigenvalue weighted by Gasteiger charge is 2.19. The largest absolute Gasteiger partial charge is 0.370 e. The molecule has 2 heterocycles. The number of piperidine rings is 1. The summed E-state index contributed by atoms with van der Waals surface area (Å²) in [6.45, 7) is 1.87. The number of halogens is 1. The Morgan fingerprint density at radius 3 is 2.59 bits per heavy atom. The zero-order valence-electron chi connectivity index (χ0n) is 16.0. The monoisotopic (exact) mass is 431 g/mol. The highest BCUT2D eigenvalue weighted by atomic mass is 35.5. The molecule has 0 atom stereocenters. The van der Waals surface area contributed by atoms with Gasteiger partial charge in [-0.1, -0.05) is 11.6 Å². The van der Waals surface area contributed by atoms with Gasteiger partial charge in [-0.05, 0) is 62.7 Å². The fourth-order valence-electron chi connectivity index (χ4n) is 3.57. The quantitative estimate of drug-likeness (QED) is 0.636. The number of rotatable bonds is 5. The van der Waals surface area contributed by atoms with Crippen LogP contribution in [0, 0.1) is 0 Å². The summed E-state index contributed by atoms with van der Waals surface area (Å²) in [7, 11) is -2.17. The Labute approximate surface area is 175 Å². The van der Waals surface area contributed by atoms with Gasteiger partial charge in [0.15, 0.2) is 0 Å². The van der Waals surface area contributed by atoms with E-state index in [0.717, 1.165) is 42.5 Å². The fraction of sp³-hybridized carbons (Fsp3) is 0.300. The third-order valence-corrected chi connectivity index (χ3v) is 6.74. The molecule has 152 valence electrons. The number of aromatic nitrogens is 2. The van der Waals surface area contributed by atoms with Crippen molar-refractivity contribution in [3.05, 3.63) is 47.7 Å². The number of fused-ring (bicyclic) bond motifs is 1. The van der Waals surface area contributed by atoms with Crippen LogP contribution in [-0.2, 0) is 10.0 Å². The van der Waals surface area contributed by atoms with E-state index in [4.69, 9.17) is 11.6 Å². The summed E-state index contributed by atoms with van der Waals surface area (Å²) >= 11 is 6.17. The second-order valence-corrected chi connectivity index (χ2v) is 9.27. The molecule has 0 unspecified atom stereocenters. The molecule has 29 heavy (non-hydrogen) atoms. The normalized spacial score (nSPS) is 14.9. The smallest absolute Gasteiger partial charge is 0.240 e. The van der Waals surface area contributed by atoms with Gasteiger partial charge in [0.2, 0.25) is 10.0 Å². The molecule has 9 heteroatoms. The first-order valence-corrected chi connectivity index (χ1v) is 11.3. The van der Waals surface area contributed by atoms with Crippen molar-refractivity contribution in [2.75, 3.05) is 30.4 Å². The predicted octanol–water partition coefficient (Wildman–Crippen LogP) is 3.93. The maximum absolute atomic E-state index is 12.4. The molecule has 0 spiro atoms. The predicted molar refractivity (Wildman–Crippen MR) is 117 cm³/mol. The number of nitrogens with one attached hydrogen (secondary N) is 2. The minimum atomic E-state index is -3.57. The summed E-state index contributed by atoms with van der Waals surface area (Å²) in [5.41, 5.74) is 2.39. The zero-order chi connectivity index (χ0) is 20.4. The molecule has 3 aromatic rings. The van der Waals surface area contributed by atoms with Gasteiger partial charge in [-0.25, -0.2) is 23.1 Å². The molecule has 4 rings (SSSR count). The van der Waals surface area contributed by atoms with Crippen molar-refractivity contribution in [3.63, 3.8) is 0 Å². The van der Waals surface area contributed by atoms with E-state index in [0.29, 0.717) is 16.5 Å². The van der Waals surface area contributed by atoms with Gasteiger partial charge in [-0.2, -0.15) is 0 Å². The van der Waals surface area contributed by atoms with E-state index in [9.17, 15) is 8.42 Å². The van der Waals surface area contributed by atoms with Crippen LogP contribution in [0.3, 0.4) is 0 Å². The number of sulfonamides is 1. The van der Waals surface area contributed by atoms with Crippen molar-refractivity contribution in [1.82, 2.24) is 14.7 Å². The highest BCUT2D eigenvalue weighted by molar-refractivity contribution is 7.89. The Morgan fingerprint density at radius 1 is 1.03 bits per heavy atom. The lowest BCUT2D eigenvalue weighted by Crippen LogP contribution is -2.30. The molecule has 2 aromatic carbocycles. The molecule has 2 N–H and O–H groups in total. The number of anilines is 3. The van der Waals surface area contributed by atoms with Gasteiger partial charge < -0.3 is 10.2 Å². The topological polar surface area (TPSA) is 87.2 Å². The summed E-state index contributed by atoms with van der Waals surface area (Å²) in [6.07, 6.45) is 4.91. The molecule has 1 fully saturated rings. The minimum absolute atomic E-state index is 0.194. The maximum Gasteiger partial charge on any atom is 0.240 e. The van der Waals surface area contributed by atoms with Crippen molar-refractivity contribution in [2.45, 2.75) is 24.2 Å². The van der Waals surface area contributed by atoms with E-state index in [-0.39, 0.29) is 4.90 Å². The van der Waals surface area contributed by atoms with Gasteiger partial charge in [-0.3, -0.25) is 0 Å². The van der Waals surface area contributed by atoms with Gasteiger partial charge in [0, 0.05) is 23.5 Å². The number of hydrogen-bond donors (Lipinski definition) is 2. The molecule has 1 aliphatic heterocycles. The lowest BCUT2D eigenvalue weighted by atomic mass is 10.1. The van der Waals surface area contributed by atoms with Crippen LogP contribution in [0.4, 0.5) is 17.2 Å². The van der Waals surface area contributed by atoms with E-state index in [1.807, 2.05) is 12.1 Å². The Hall–Kier alpha value is -2.42. The number of hydrogen-bond acceptors (Lipinski definition) is 6. The first-order chi connectivity index (χ1) is 14.0. The second kappa shape index (κ2) is 8.14. The molecule has 0 amide bonds. The Morgan fingerprint density at radius 2 is 1.83 bits per heavy atom. The van der Waals surface area contributed by atoms with Crippen LogP contribution in [0.25, 0.3) is 10.9 Å². The van der Waals surface area contributed by atoms with Crippen LogP contribution in [0.15, 0.2) is 47.6 Å². The Bertz CT molecular complexity index is 1150. The Balaban J connectivity index is 1.82. The maximum atomic E-state index is 12.4. The molecular formula is C20H22ClN5O2S. The standard InChI is InChI=1S/C20H22ClN5O2S/c1-22-29(27,28)15-6-8-19(26-9-3-2-4-10-26)18(12-15)25-20-16-11-14(21)5-7-17(16)23-13-24-20/h5-8,11-13,22H,2-4,9-10H2,1H3,(H,23,24,25). The van der Waals surface area contributed by atoms with E-state index < -0.39 is 10.0 Å². The lowest BCUT2D eigenvalue weighted by Gasteiger charge is -2.31. The second-order valence-electron chi connectivity index (χ2n) is 6.94. The first kappa shape index (κ1) is 19.9. The molecule has 1 aliphatic rings. The third kappa shape index (κ3) is 4.14. The van der Waals surface area contributed by atoms with Crippen molar-refractivity contribution < 1.29 is 8.42 Å². The van der Waals surface area contributed by atoms with Crippen LogP contribution >= 0.6 is 11.6 Å². The van der Waals surface area contributed by atoms with Crippen molar-refractivity contribution in [2.24, 2.45) is 0 Å². The molecule has 7 nitrogen and oxygen atoms in total. The lowest BCUT2D eigenvalue weighted by molar-refractivity contribution is 0.577. The SMILES string of the molecule is CNS(=O)(=O)c1ccc(N2CCCCC2)c(Nc2ncnc3ccc(Cl)cc23)c1. The van der Waals surface area contributed by atoms with Gasteiger partial charge in [-0.15, -0.1) is 0 Å². The van der Waals surface area contributed by atoms with Crippen LogP contribution in [0.1, 0.15) is 19.3 Å². The molecular weight excluding hydrogens is 410 g/mol. The van der Waals surface area contributed by atoms with Gasteiger partial charge in [0.25, 0.3) is 0 Å². The summed E-state index contributed by atoms with van der Waals surface area (Å²) in [5, 5.41) is 4.68. The molecule has 0 bridgehead atoms.